The normalized spacial score (nSPS) is 11.3. The van der Waals surface area contributed by atoms with Crippen molar-refractivity contribution in [3.63, 3.8) is 0 Å². The van der Waals surface area contributed by atoms with Crippen LogP contribution < -0.4 is 10.0 Å². The minimum absolute atomic E-state index is 0.0530. The molecule has 0 unspecified atom stereocenters. The first-order valence-electron chi connectivity index (χ1n) is 10.0. The highest BCUT2D eigenvalue weighted by Crippen LogP contribution is 2.28. The van der Waals surface area contributed by atoms with Gasteiger partial charge in [0.2, 0.25) is 15.9 Å². The zero-order valence-corrected chi connectivity index (χ0v) is 18.0. The van der Waals surface area contributed by atoms with Crippen LogP contribution in [0.1, 0.15) is 29.0 Å². The SMILES string of the molecule is C=CCNS(=O)(=O)Cc1ccc(NC(=O)CC(c2ccccc2)c2ccccc2)cc1. The zero-order chi connectivity index (χ0) is 22.1. The number of hydrogen-bond donors (Lipinski definition) is 2. The van der Waals surface area contributed by atoms with E-state index < -0.39 is 10.0 Å². The Labute approximate surface area is 183 Å². The summed E-state index contributed by atoms with van der Waals surface area (Å²) in [6.45, 7) is 3.70. The molecule has 0 atom stereocenters. The van der Waals surface area contributed by atoms with Gasteiger partial charge >= 0.3 is 0 Å². The molecule has 1 amide bonds. The largest absolute Gasteiger partial charge is 0.326 e. The fourth-order valence-corrected chi connectivity index (χ4v) is 4.44. The molecule has 2 N–H and O–H groups in total. The minimum atomic E-state index is -3.42. The predicted molar refractivity (Wildman–Crippen MR) is 125 cm³/mol. The third-order valence-electron chi connectivity index (χ3n) is 4.84. The lowest BCUT2D eigenvalue weighted by Crippen LogP contribution is -2.25. The van der Waals surface area contributed by atoms with Gasteiger partial charge in [0.1, 0.15) is 0 Å². The van der Waals surface area contributed by atoms with Gasteiger partial charge in [0.25, 0.3) is 0 Å². The summed E-state index contributed by atoms with van der Waals surface area (Å²) in [5.74, 6) is -0.285. The van der Waals surface area contributed by atoms with E-state index in [0.29, 0.717) is 17.7 Å². The molecule has 0 radical (unpaired) electrons. The van der Waals surface area contributed by atoms with E-state index in [0.717, 1.165) is 11.1 Å². The summed E-state index contributed by atoms with van der Waals surface area (Å²) in [5, 5.41) is 2.92. The third kappa shape index (κ3) is 6.91. The molecule has 0 saturated heterocycles. The number of carbonyl (C=O) groups is 1. The highest BCUT2D eigenvalue weighted by molar-refractivity contribution is 7.88. The molecule has 0 aliphatic heterocycles. The molecule has 5 nitrogen and oxygen atoms in total. The Morgan fingerprint density at radius 2 is 1.42 bits per heavy atom. The smallest absolute Gasteiger partial charge is 0.225 e. The van der Waals surface area contributed by atoms with E-state index in [1.54, 1.807) is 24.3 Å². The van der Waals surface area contributed by atoms with E-state index >= 15 is 0 Å². The van der Waals surface area contributed by atoms with Crippen LogP contribution in [0.25, 0.3) is 0 Å². The van der Waals surface area contributed by atoms with Crippen LogP contribution in [-0.4, -0.2) is 20.9 Å². The van der Waals surface area contributed by atoms with Crippen LogP contribution in [0.2, 0.25) is 0 Å². The van der Waals surface area contributed by atoms with E-state index in [4.69, 9.17) is 0 Å². The Kier molecular flexibility index (Phi) is 7.76. The summed E-state index contributed by atoms with van der Waals surface area (Å²) in [6, 6.07) is 26.8. The maximum Gasteiger partial charge on any atom is 0.225 e. The number of anilines is 1. The zero-order valence-electron chi connectivity index (χ0n) is 17.2. The van der Waals surface area contributed by atoms with Crippen molar-refractivity contribution in [2.45, 2.75) is 18.1 Å². The number of rotatable bonds is 10. The second kappa shape index (κ2) is 10.7. The molecule has 160 valence electrons. The maximum atomic E-state index is 12.8. The second-order valence-electron chi connectivity index (χ2n) is 7.22. The average Bonchev–Trinajstić information content (AvgIpc) is 2.78. The van der Waals surface area contributed by atoms with Gasteiger partial charge < -0.3 is 5.32 Å². The van der Waals surface area contributed by atoms with Crippen LogP contribution in [0.4, 0.5) is 5.69 Å². The molecule has 3 aromatic rings. The Bertz CT molecular complexity index is 1060. The molecule has 0 fully saturated rings. The first-order chi connectivity index (χ1) is 15.0. The monoisotopic (exact) mass is 434 g/mol. The number of carbonyl (C=O) groups excluding carboxylic acids is 1. The predicted octanol–water partition coefficient (Wildman–Crippen LogP) is 4.45. The van der Waals surface area contributed by atoms with Gasteiger partial charge in [-0.3, -0.25) is 4.79 Å². The molecule has 3 rings (SSSR count). The van der Waals surface area contributed by atoms with Crippen molar-refractivity contribution < 1.29 is 13.2 Å². The lowest BCUT2D eigenvalue weighted by Gasteiger charge is -2.18. The molecule has 0 aromatic heterocycles. The fraction of sp³-hybridized carbons (Fsp3) is 0.160. The Hall–Kier alpha value is -3.22. The van der Waals surface area contributed by atoms with Gasteiger partial charge in [-0.15, -0.1) is 6.58 Å². The lowest BCUT2D eigenvalue weighted by molar-refractivity contribution is -0.116. The average molecular weight is 435 g/mol. The summed E-state index contributed by atoms with van der Waals surface area (Å²) in [5.41, 5.74) is 3.43. The minimum Gasteiger partial charge on any atom is -0.326 e. The van der Waals surface area contributed by atoms with Crippen LogP contribution >= 0.6 is 0 Å². The van der Waals surface area contributed by atoms with Gasteiger partial charge in [-0.2, -0.15) is 0 Å². The van der Waals surface area contributed by atoms with Gasteiger partial charge in [0.05, 0.1) is 5.75 Å². The Morgan fingerprint density at radius 3 is 1.94 bits per heavy atom. The van der Waals surface area contributed by atoms with Crippen molar-refractivity contribution in [1.82, 2.24) is 4.72 Å². The number of amides is 1. The van der Waals surface area contributed by atoms with Crippen molar-refractivity contribution in [2.24, 2.45) is 0 Å². The fourth-order valence-electron chi connectivity index (χ4n) is 3.34. The third-order valence-corrected chi connectivity index (χ3v) is 6.16. The molecular weight excluding hydrogens is 408 g/mol. The van der Waals surface area contributed by atoms with Gasteiger partial charge in [0.15, 0.2) is 0 Å². The van der Waals surface area contributed by atoms with Gasteiger partial charge in [0, 0.05) is 24.6 Å². The highest BCUT2D eigenvalue weighted by atomic mass is 32.2. The number of hydrogen-bond acceptors (Lipinski definition) is 3. The van der Waals surface area contributed by atoms with Gasteiger partial charge in [-0.05, 0) is 28.8 Å². The van der Waals surface area contributed by atoms with E-state index in [1.807, 2.05) is 60.7 Å². The van der Waals surface area contributed by atoms with E-state index in [2.05, 4.69) is 16.6 Å². The van der Waals surface area contributed by atoms with Crippen molar-refractivity contribution >= 4 is 21.6 Å². The first kappa shape index (κ1) is 22.5. The summed E-state index contributed by atoms with van der Waals surface area (Å²) < 4.78 is 26.4. The standard InChI is InChI=1S/C25H26N2O3S/c1-2-17-26-31(29,30)19-20-13-15-23(16-14-20)27-25(28)18-24(21-9-5-3-6-10-21)22-11-7-4-8-12-22/h2-16,24,26H,1,17-19H2,(H,27,28). The molecule has 0 heterocycles. The maximum absolute atomic E-state index is 12.8. The highest BCUT2D eigenvalue weighted by Gasteiger charge is 2.18. The molecule has 31 heavy (non-hydrogen) atoms. The Morgan fingerprint density at radius 1 is 0.871 bits per heavy atom. The molecule has 6 heteroatoms. The summed E-state index contributed by atoms with van der Waals surface area (Å²) >= 11 is 0. The second-order valence-corrected chi connectivity index (χ2v) is 9.03. The van der Waals surface area contributed by atoms with Crippen LogP contribution in [-0.2, 0) is 20.6 Å². The Balaban J connectivity index is 1.67. The lowest BCUT2D eigenvalue weighted by atomic mass is 9.88. The summed E-state index contributed by atoms with van der Waals surface area (Å²) in [7, 11) is -3.42. The molecule has 0 bridgehead atoms. The topological polar surface area (TPSA) is 75.3 Å². The van der Waals surface area contributed by atoms with E-state index in [9.17, 15) is 13.2 Å². The molecule has 0 spiro atoms. The molecule has 0 saturated carbocycles. The first-order valence-corrected chi connectivity index (χ1v) is 11.7. The number of sulfonamides is 1. The molecule has 3 aromatic carbocycles. The van der Waals surface area contributed by atoms with Gasteiger partial charge in [-0.1, -0.05) is 78.9 Å². The van der Waals surface area contributed by atoms with Crippen LogP contribution in [0.15, 0.2) is 97.6 Å². The van der Waals surface area contributed by atoms with Crippen molar-refractivity contribution in [1.29, 1.82) is 0 Å². The van der Waals surface area contributed by atoms with Crippen molar-refractivity contribution in [2.75, 3.05) is 11.9 Å². The van der Waals surface area contributed by atoms with Crippen molar-refractivity contribution in [3.05, 3.63) is 114 Å². The molecule has 0 aliphatic rings. The summed E-state index contributed by atoms with van der Waals surface area (Å²) in [4.78, 5) is 12.8. The van der Waals surface area contributed by atoms with Crippen LogP contribution in [0.5, 0.6) is 0 Å². The summed E-state index contributed by atoms with van der Waals surface area (Å²) in [6.07, 6.45) is 1.80. The van der Waals surface area contributed by atoms with Gasteiger partial charge in [-0.25, -0.2) is 13.1 Å². The molecular formula is C25H26N2O3S. The van der Waals surface area contributed by atoms with Crippen LogP contribution in [0.3, 0.4) is 0 Å². The van der Waals surface area contributed by atoms with Crippen molar-refractivity contribution in [3.8, 4) is 0 Å². The number of benzene rings is 3. The van der Waals surface area contributed by atoms with E-state index in [1.165, 1.54) is 6.08 Å². The quantitative estimate of drug-likeness (QED) is 0.463. The van der Waals surface area contributed by atoms with Crippen LogP contribution in [0, 0.1) is 0 Å². The van der Waals surface area contributed by atoms with E-state index in [-0.39, 0.29) is 24.1 Å². The number of nitrogens with one attached hydrogen (secondary N) is 2. The molecule has 0 aliphatic carbocycles.